The summed E-state index contributed by atoms with van der Waals surface area (Å²) in [4.78, 5) is 35.6. The smallest absolute Gasteiger partial charge is 0.337 e. The van der Waals surface area contributed by atoms with E-state index in [1.807, 2.05) is 6.92 Å². The fourth-order valence-corrected chi connectivity index (χ4v) is 4.21. The summed E-state index contributed by atoms with van der Waals surface area (Å²) in [5.41, 5.74) is 0.992. The molecule has 0 radical (unpaired) electrons. The van der Waals surface area contributed by atoms with E-state index in [0.717, 1.165) is 12.0 Å². The lowest BCUT2D eigenvalue weighted by molar-refractivity contribution is 0.311. The van der Waals surface area contributed by atoms with Gasteiger partial charge in [-0.3, -0.25) is 9.78 Å². The van der Waals surface area contributed by atoms with Crippen LogP contribution in [-0.4, -0.2) is 20.9 Å². The van der Waals surface area contributed by atoms with Gasteiger partial charge in [-0.25, -0.2) is 4.79 Å². The zero-order valence-electron chi connectivity index (χ0n) is 13.9. The number of hydrogen-bond acceptors (Lipinski definition) is 7. The van der Waals surface area contributed by atoms with Crippen molar-refractivity contribution in [1.82, 2.24) is 9.97 Å². The van der Waals surface area contributed by atoms with Crippen LogP contribution in [0.2, 0.25) is 0 Å². The van der Waals surface area contributed by atoms with Crippen LogP contribution in [0.5, 0.6) is 6.01 Å². The topological polar surface area (TPSA) is 97.5 Å². The van der Waals surface area contributed by atoms with Gasteiger partial charge < -0.3 is 9.25 Å². The van der Waals surface area contributed by atoms with Crippen molar-refractivity contribution in [2.45, 2.75) is 38.9 Å². The lowest BCUT2D eigenvalue weighted by Crippen LogP contribution is -2.14. The number of H-pyrrole nitrogens is 1. The minimum Gasteiger partial charge on any atom is -0.403 e. The molecule has 2 aromatic heterocycles. The second kappa shape index (κ2) is 7.05. The van der Waals surface area contributed by atoms with Gasteiger partial charge in [-0.1, -0.05) is 30.6 Å². The number of allylic oxidation sites excluding steroid dienone is 1. The highest BCUT2D eigenvalue weighted by Gasteiger charge is 2.22. The largest absolute Gasteiger partial charge is 0.403 e. The molecule has 0 fully saturated rings. The highest BCUT2D eigenvalue weighted by Crippen LogP contribution is 2.40. The second-order valence-electron chi connectivity index (χ2n) is 5.65. The van der Waals surface area contributed by atoms with E-state index in [1.165, 1.54) is 6.07 Å². The number of oxime groups is 1. The first-order chi connectivity index (χ1) is 11.9. The van der Waals surface area contributed by atoms with Crippen LogP contribution >= 0.6 is 23.4 Å². The molecule has 0 spiro atoms. The molecule has 1 N–H and O–H groups in total. The molecule has 7 nitrogen and oxygen atoms in total. The molecule has 0 saturated carbocycles. The van der Waals surface area contributed by atoms with Gasteiger partial charge in [0.15, 0.2) is 0 Å². The van der Waals surface area contributed by atoms with Gasteiger partial charge in [-0.2, -0.15) is 4.98 Å². The van der Waals surface area contributed by atoms with Crippen molar-refractivity contribution >= 4 is 40.2 Å². The molecular weight excluding hydrogens is 366 g/mol. The highest BCUT2D eigenvalue weighted by atomic mass is 35.5. The molecule has 1 aliphatic heterocycles. The van der Waals surface area contributed by atoms with Crippen LogP contribution in [0.15, 0.2) is 35.2 Å². The van der Waals surface area contributed by atoms with Crippen LogP contribution < -0.4 is 16.0 Å². The van der Waals surface area contributed by atoms with E-state index in [-0.39, 0.29) is 17.1 Å². The highest BCUT2D eigenvalue weighted by molar-refractivity contribution is 8.05. The van der Waals surface area contributed by atoms with Gasteiger partial charge in [0.2, 0.25) is 5.71 Å². The van der Waals surface area contributed by atoms with E-state index < -0.39 is 11.2 Å². The predicted molar refractivity (Wildman–Crippen MR) is 98.6 cm³/mol. The number of thioether (sulfide) groups is 1. The maximum Gasteiger partial charge on any atom is 0.337 e. The average Bonchev–Trinajstić information content (AvgIpc) is 2.89. The summed E-state index contributed by atoms with van der Waals surface area (Å²) < 4.78 is 5.71. The van der Waals surface area contributed by atoms with Crippen LogP contribution in [0, 0.1) is 0 Å². The fraction of sp³-hybridized carbons (Fsp3) is 0.375. The maximum absolute atomic E-state index is 12.3. The van der Waals surface area contributed by atoms with Crippen molar-refractivity contribution in [2.24, 2.45) is 5.16 Å². The molecule has 0 aromatic carbocycles. The zero-order chi connectivity index (χ0) is 18.1. The van der Waals surface area contributed by atoms with Crippen LogP contribution in [0.25, 0.3) is 11.1 Å². The summed E-state index contributed by atoms with van der Waals surface area (Å²) in [6.07, 6.45) is 1.30. The number of nitrogens with zero attached hydrogens (tertiary/aromatic N) is 2. The van der Waals surface area contributed by atoms with Gasteiger partial charge in [0.05, 0.1) is 10.1 Å². The molecule has 1 aliphatic rings. The Morgan fingerprint density at radius 3 is 2.96 bits per heavy atom. The van der Waals surface area contributed by atoms with Gasteiger partial charge in [0.25, 0.3) is 5.56 Å². The van der Waals surface area contributed by atoms with E-state index in [4.69, 9.17) is 20.9 Å². The van der Waals surface area contributed by atoms with E-state index in [0.29, 0.717) is 27.3 Å². The van der Waals surface area contributed by atoms with Gasteiger partial charge in [-0.05, 0) is 25.3 Å². The van der Waals surface area contributed by atoms with Crippen LogP contribution in [0.4, 0.5) is 0 Å². The van der Waals surface area contributed by atoms with Gasteiger partial charge in [-0.15, -0.1) is 11.8 Å². The van der Waals surface area contributed by atoms with Crippen LogP contribution in [-0.2, 0) is 6.42 Å². The van der Waals surface area contributed by atoms with Gasteiger partial charge in [0.1, 0.15) is 5.39 Å². The summed E-state index contributed by atoms with van der Waals surface area (Å²) in [5, 5.41) is 4.60. The third-order valence-corrected chi connectivity index (χ3v) is 5.31. The van der Waals surface area contributed by atoms with Crippen molar-refractivity contribution in [3.8, 4) is 6.01 Å². The summed E-state index contributed by atoms with van der Waals surface area (Å²) in [5.74, 6) is 0. The molecule has 0 saturated heterocycles. The Bertz CT molecular complexity index is 1010. The normalized spacial score (nSPS) is 18.2. The molecule has 9 heteroatoms. The predicted octanol–water partition coefficient (Wildman–Crippen LogP) is 3.17. The molecule has 25 heavy (non-hydrogen) atoms. The van der Waals surface area contributed by atoms with Gasteiger partial charge >= 0.3 is 11.6 Å². The summed E-state index contributed by atoms with van der Waals surface area (Å²) in [7, 11) is 0. The quantitative estimate of drug-likeness (QED) is 0.645. The standard InChI is InChI=1S/C16H16ClN3O4S/c1-4-9-6-11(21)23-15-12(9)14(22)18-16(19-15)24-20-8(3)10-5-7(2)25-13(10)17/h6-7H,4-5H2,1-3H3,(H,18,19,22)/b20-8+. The third-order valence-electron chi connectivity index (χ3n) is 3.80. The minimum absolute atomic E-state index is 0.0711. The Hall–Kier alpha value is -2.06. The molecular formula is C16H16ClN3O4S. The Labute approximate surface area is 152 Å². The zero-order valence-corrected chi connectivity index (χ0v) is 15.5. The number of halogens is 1. The lowest BCUT2D eigenvalue weighted by atomic mass is 10.1. The number of hydrogen-bond donors (Lipinski definition) is 1. The number of fused-ring (bicyclic) bond motifs is 1. The van der Waals surface area contributed by atoms with Gasteiger partial charge in [0, 0.05) is 16.9 Å². The van der Waals surface area contributed by atoms with E-state index in [9.17, 15) is 9.59 Å². The Balaban J connectivity index is 1.95. The first-order valence-corrected chi connectivity index (χ1v) is 8.99. The van der Waals surface area contributed by atoms with Crippen molar-refractivity contribution in [1.29, 1.82) is 0 Å². The average molecular weight is 382 g/mol. The van der Waals surface area contributed by atoms with Crippen molar-refractivity contribution in [3.05, 3.63) is 42.3 Å². The third kappa shape index (κ3) is 3.64. The molecule has 132 valence electrons. The number of aromatic amines is 1. The second-order valence-corrected chi connectivity index (χ2v) is 7.70. The SMILES string of the molecule is CCc1cc(=O)oc2nc(O/N=C(\C)C3=C(Cl)SC(C)C3)[nH]c(=O)c12. The fourth-order valence-electron chi connectivity index (χ4n) is 2.56. The summed E-state index contributed by atoms with van der Waals surface area (Å²) in [6.45, 7) is 5.68. The molecule has 2 aromatic rings. The van der Waals surface area contributed by atoms with Crippen molar-refractivity contribution in [3.63, 3.8) is 0 Å². The molecule has 0 amide bonds. The van der Waals surface area contributed by atoms with E-state index in [1.54, 1.807) is 18.7 Å². The lowest BCUT2D eigenvalue weighted by Gasteiger charge is -2.04. The molecule has 3 heterocycles. The number of aryl methyl sites for hydroxylation is 1. The molecule has 0 bridgehead atoms. The first kappa shape index (κ1) is 17.8. The number of rotatable bonds is 4. The maximum atomic E-state index is 12.3. The Morgan fingerprint density at radius 1 is 1.56 bits per heavy atom. The number of nitrogens with one attached hydrogen (secondary N) is 1. The Morgan fingerprint density at radius 2 is 2.32 bits per heavy atom. The monoisotopic (exact) mass is 381 g/mol. The summed E-state index contributed by atoms with van der Waals surface area (Å²) in [6, 6.07) is 1.14. The van der Waals surface area contributed by atoms with Crippen molar-refractivity contribution < 1.29 is 9.25 Å². The molecule has 0 aliphatic carbocycles. The molecule has 1 unspecified atom stereocenters. The number of aromatic nitrogens is 2. The molecule has 3 rings (SSSR count). The minimum atomic E-state index is -0.568. The van der Waals surface area contributed by atoms with Crippen molar-refractivity contribution in [2.75, 3.05) is 0 Å². The Kier molecular flexibility index (Phi) is 5.01. The van der Waals surface area contributed by atoms with Crippen LogP contribution in [0.1, 0.15) is 32.8 Å². The van der Waals surface area contributed by atoms with Crippen LogP contribution in [0.3, 0.4) is 0 Å². The van der Waals surface area contributed by atoms with E-state index in [2.05, 4.69) is 22.0 Å². The first-order valence-electron chi connectivity index (χ1n) is 7.73. The summed E-state index contributed by atoms with van der Waals surface area (Å²) >= 11 is 7.76. The molecule has 1 atom stereocenters. The van der Waals surface area contributed by atoms with E-state index >= 15 is 0 Å².